The topological polar surface area (TPSA) is 98.7 Å². The summed E-state index contributed by atoms with van der Waals surface area (Å²) in [5.74, 6) is 0.0468. The van der Waals surface area contributed by atoms with Gasteiger partial charge >= 0.3 is 5.97 Å². The standard InChI is InChI=1S/C26H25BrN4O4/c1-5-24-29-23-11-6-19(27)13-22(23)25(32)31(24)28-14-18-12-15(2)30(16(18)3)20-7-9-21(10-8-20)35-17(4)26(33)34/h6-14,17H,5H2,1-4H3,(H,33,34)/t17-/m1/s1. The van der Waals surface area contributed by atoms with Gasteiger partial charge in [0, 0.05) is 33.5 Å². The summed E-state index contributed by atoms with van der Waals surface area (Å²) in [5, 5.41) is 14.0. The van der Waals surface area contributed by atoms with Gasteiger partial charge in [0.2, 0.25) is 0 Å². The molecule has 0 fully saturated rings. The van der Waals surface area contributed by atoms with Crippen LogP contribution in [0.25, 0.3) is 16.6 Å². The fourth-order valence-electron chi connectivity index (χ4n) is 3.91. The Balaban J connectivity index is 1.68. The van der Waals surface area contributed by atoms with Crippen molar-refractivity contribution in [1.29, 1.82) is 0 Å². The lowest BCUT2D eigenvalue weighted by molar-refractivity contribution is -0.144. The van der Waals surface area contributed by atoms with Crippen molar-refractivity contribution in [1.82, 2.24) is 14.2 Å². The van der Waals surface area contributed by atoms with Gasteiger partial charge in [0.1, 0.15) is 11.6 Å². The lowest BCUT2D eigenvalue weighted by Gasteiger charge is -2.13. The third-order valence-corrected chi connectivity index (χ3v) is 6.22. The Morgan fingerprint density at radius 3 is 2.57 bits per heavy atom. The van der Waals surface area contributed by atoms with Gasteiger partial charge in [-0.1, -0.05) is 22.9 Å². The second-order valence-corrected chi connectivity index (χ2v) is 9.07. The molecule has 35 heavy (non-hydrogen) atoms. The molecule has 0 bridgehead atoms. The van der Waals surface area contributed by atoms with Crippen LogP contribution in [-0.2, 0) is 11.2 Å². The van der Waals surface area contributed by atoms with Crippen LogP contribution in [0.15, 0.2) is 62.9 Å². The summed E-state index contributed by atoms with van der Waals surface area (Å²) < 4.78 is 9.64. The minimum atomic E-state index is -1.02. The number of benzene rings is 2. The SMILES string of the molecule is CCc1nc2ccc(Br)cc2c(=O)n1N=Cc1cc(C)n(-c2ccc(O[C@H](C)C(=O)O)cc2)c1C. The monoisotopic (exact) mass is 536 g/mol. The molecule has 0 saturated carbocycles. The van der Waals surface area contributed by atoms with Crippen LogP contribution in [0.3, 0.4) is 0 Å². The number of fused-ring (bicyclic) bond motifs is 1. The fraction of sp³-hybridized carbons (Fsp3) is 0.231. The number of nitrogens with zero attached hydrogens (tertiary/aromatic N) is 4. The Hall–Kier alpha value is -3.72. The Labute approximate surface area is 210 Å². The summed E-state index contributed by atoms with van der Waals surface area (Å²) in [7, 11) is 0. The Morgan fingerprint density at radius 1 is 1.20 bits per heavy atom. The maximum Gasteiger partial charge on any atom is 0.344 e. The molecule has 4 rings (SSSR count). The minimum Gasteiger partial charge on any atom is -0.479 e. The van der Waals surface area contributed by atoms with Gasteiger partial charge in [0.15, 0.2) is 6.10 Å². The Kier molecular flexibility index (Phi) is 6.88. The number of rotatable bonds is 7. The van der Waals surface area contributed by atoms with Crippen LogP contribution < -0.4 is 10.3 Å². The van der Waals surface area contributed by atoms with E-state index in [1.165, 1.54) is 11.6 Å². The molecule has 2 heterocycles. The summed E-state index contributed by atoms with van der Waals surface area (Å²) in [6.07, 6.45) is 1.31. The summed E-state index contributed by atoms with van der Waals surface area (Å²) in [6, 6.07) is 14.7. The van der Waals surface area contributed by atoms with Crippen molar-refractivity contribution < 1.29 is 14.6 Å². The molecule has 0 radical (unpaired) electrons. The zero-order valence-corrected chi connectivity index (χ0v) is 21.4. The first kappa shape index (κ1) is 24.4. The maximum atomic E-state index is 13.1. The number of ether oxygens (including phenoxy) is 1. The third-order valence-electron chi connectivity index (χ3n) is 5.73. The molecule has 0 aliphatic rings. The van der Waals surface area contributed by atoms with Crippen molar-refractivity contribution in [3.8, 4) is 11.4 Å². The smallest absolute Gasteiger partial charge is 0.344 e. The predicted molar refractivity (Wildman–Crippen MR) is 139 cm³/mol. The van der Waals surface area contributed by atoms with Crippen molar-refractivity contribution in [2.24, 2.45) is 5.10 Å². The lowest BCUT2D eigenvalue weighted by atomic mass is 10.2. The zero-order chi connectivity index (χ0) is 25.3. The van der Waals surface area contributed by atoms with Gasteiger partial charge in [-0.3, -0.25) is 4.79 Å². The number of hydrogen-bond donors (Lipinski definition) is 1. The van der Waals surface area contributed by atoms with Gasteiger partial charge in [-0.15, -0.1) is 0 Å². The molecular weight excluding hydrogens is 512 g/mol. The van der Waals surface area contributed by atoms with Crippen LogP contribution in [0.1, 0.15) is 36.6 Å². The Morgan fingerprint density at radius 2 is 1.91 bits per heavy atom. The largest absolute Gasteiger partial charge is 0.479 e. The molecule has 2 aromatic heterocycles. The summed E-state index contributed by atoms with van der Waals surface area (Å²) in [5.41, 5.74) is 4.13. The molecule has 0 aliphatic heterocycles. The van der Waals surface area contributed by atoms with E-state index in [0.717, 1.165) is 27.1 Å². The van der Waals surface area contributed by atoms with Gasteiger partial charge in [-0.05, 0) is 69.3 Å². The molecule has 1 atom stereocenters. The molecule has 4 aromatic rings. The number of carbonyl (C=O) groups is 1. The first-order valence-electron chi connectivity index (χ1n) is 11.1. The molecule has 0 spiro atoms. The van der Waals surface area contributed by atoms with E-state index in [9.17, 15) is 9.59 Å². The van der Waals surface area contributed by atoms with E-state index in [1.54, 1.807) is 24.4 Å². The molecule has 180 valence electrons. The molecular formula is C26H25BrN4O4. The summed E-state index contributed by atoms with van der Waals surface area (Å²) in [4.78, 5) is 28.8. The minimum absolute atomic E-state index is 0.218. The fourth-order valence-corrected chi connectivity index (χ4v) is 4.27. The highest BCUT2D eigenvalue weighted by Crippen LogP contribution is 2.23. The van der Waals surface area contributed by atoms with Crippen LogP contribution in [0.4, 0.5) is 0 Å². The van der Waals surface area contributed by atoms with Crippen molar-refractivity contribution in [2.45, 2.75) is 40.2 Å². The van der Waals surface area contributed by atoms with Gasteiger partial charge in [0.25, 0.3) is 5.56 Å². The van der Waals surface area contributed by atoms with E-state index in [1.807, 2.05) is 51.1 Å². The normalized spacial score (nSPS) is 12.4. The maximum absolute atomic E-state index is 13.1. The van der Waals surface area contributed by atoms with E-state index in [2.05, 4.69) is 30.6 Å². The van der Waals surface area contributed by atoms with Crippen LogP contribution in [0.2, 0.25) is 0 Å². The quantitative estimate of drug-likeness (QED) is 0.340. The predicted octanol–water partition coefficient (Wildman–Crippen LogP) is 4.86. The number of halogens is 1. The van der Waals surface area contributed by atoms with E-state index in [4.69, 9.17) is 9.84 Å². The molecule has 9 heteroatoms. The van der Waals surface area contributed by atoms with E-state index in [-0.39, 0.29) is 5.56 Å². The van der Waals surface area contributed by atoms with Gasteiger partial charge < -0.3 is 14.4 Å². The number of aryl methyl sites for hydroxylation is 2. The summed E-state index contributed by atoms with van der Waals surface area (Å²) in [6.45, 7) is 7.39. The van der Waals surface area contributed by atoms with Crippen molar-refractivity contribution >= 4 is 39.0 Å². The molecule has 0 saturated heterocycles. The van der Waals surface area contributed by atoms with Crippen LogP contribution >= 0.6 is 15.9 Å². The second kappa shape index (κ2) is 9.87. The molecule has 8 nitrogen and oxygen atoms in total. The number of aromatic nitrogens is 3. The molecule has 0 aliphatic carbocycles. The lowest BCUT2D eigenvalue weighted by Crippen LogP contribution is -2.22. The van der Waals surface area contributed by atoms with Crippen LogP contribution in [-0.4, -0.2) is 37.6 Å². The molecule has 2 aromatic carbocycles. The van der Waals surface area contributed by atoms with Crippen LogP contribution in [0.5, 0.6) is 5.75 Å². The van der Waals surface area contributed by atoms with E-state index < -0.39 is 12.1 Å². The van der Waals surface area contributed by atoms with Crippen molar-refractivity contribution in [3.63, 3.8) is 0 Å². The molecule has 0 unspecified atom stereocenters. The molecule has 1 N–H and O–H groups in total. The summed E-state index contributed by atoms with van der Waals surface area (Å²) >= 11 is 3.42. The Bertz CT molecular complexity index is 1500. The number of carboxylic acids is 1. The average molecular weight is 537 g/mol. The van der Waals surface area contributed by atoms with Crippen molar-refractivity contribution in [3.05, 3.63) is 86.1 Å². The molecule has 0 amide bonds. The van der Waals surface area contributed by atoms with Gasteiger partial charge in [-0.2, -0.15) is 9.78 Å². The van der Waals surface area contributed by atoms with Gasteiger partial charge in [0.05, 0.1) is 17.1 Å². The highest BCUT2D eigenvalue weighted by atomic mass is 79.9. The number of aliphatic carboxylic acids is 1. The highest BCUT2D eigenvalue weighted by Gasteiger charge is 2.14. The first-order chi connectivity index (χ1) is 16.7. The third kappa shape index (κ3) is 4.90. The zero-order valence-electron chi connectivity index (χ0n) is 19.8. The van der Waals surface area contributed by atoms with E-state index in [0.29, 0.717) is 28.9 Å². The first-order valence-corrected chi connectivity index (χ1v) is 11.9. The van der Waals surface area contributed by atoms with Crippen LogP contribution in [0, 0.1) is 13.8 Å². The van der Waals surface area contributed by atoms with E-state index >= 15 is 0 Å². The number of carboxylic acid groups (broad SMARTS) is 1. The highest BCUT2D eigenvalue weighted by molar-refractivity contribution is 9.10. The average Bonchev–Trinajstić information content (AvgIpc) is 3.12. The second-order valence-electron chi connectivity index (χ2n) is 8.16. The number of hydrogen-bond acceptors (Lipinski definition) is 5. The van der Waals surface area contributed by atoms with Gasteiger partial charge in [-0.25, -0.2) is 9.78 Å². The van der Waals surface area contributed by atoms with Crippen molar-refractivity contribution in [2.75, 3.05) is 0 Å².